The predicted molar refractivity (Wildman–Crippen MR) is 138 cm³/mol. The molecule has 0 aromatic heterocycles. The number of imide groups is 1. The van der Waals surface area contributed by atoms with Crippen molar-refractivity contribution in [1.29, 1.82) is 0 Å². The molecule has 0 bridgehead atoms. The van der Waals surface area contributed by atoms with E-state index in [2.05, 4.69) is 21.2 Å². The molecule has 6 nitrogen and oxygen atoms in total. The lowest BCUT2D eigenvalue weighted by Crippen LogP contribution is -2.36. The molecule has 3 aromatic carbocycles. The first-order valence-electron chi connectivity index (χ1n) is 10.9. The van der Waals surface area contributed by atoms with Gasteiger partial charge in [-0.05, 0) is 60.3 Å². The van der Waals surface area contributed by atoms with Gasteiger partial charge in [0, 0.05) is 21.3 Å². The maximum atomic E-state index is 14.0. The van der Waals surface area contributed by atoms with Gasteiger partial charge in [-0.3, -0.25) is 19.3 Å². The fourth-order valence-electron chi connectivity index (χ4n) is 3.43. The largest absolute Gasteiger partial charge is 0.488 e. The lowest BCUT2D eigenvalue weighted by atomic mass is 10.1. The van der Waals surface area contributed by atoms with Gasteiger partial charge < -0.3 is 10.1 Å². The highest BCUT2D eigenvalue weighted by atomic mass is 79.9. The van der Waals surface area contributed by atoms with E-state index in [0.29, 0.717) is 38.0 Å². The number of hydrogen-bond acceptors (Lipinski definition) is 5. The molecule has 1 aliphatic heterocycles. The third kappa shape index (κ3) is 6.62. The van der Waals surface area contributed by atoms with E-state index < -0.39 is 41.2 Å². The Labute approximate surface area is 226 Å². The number of carbonyl (C=O) groups excluding carboxylic acids is 3. The maximum Gasteiger partial charge on any atom is 0.416 e. The summed E-state index contributed by atoms with van der Waals surface area (Å²) < 4.78 is 59.1. The zero-order chi connectivity index (χ0) is 27.4. The van der Waals surface area contributed by atoms with E-state index in [1.54, 1.807) is 36.4 Å². The second kappa shape index (κ2) is 11.4. The van der Waals surface area contributed by atoms with Crippen LogP contribution in [0.3, 0.4) is 0 Å². The van der Waals surface area contributed by atoms with Crippen LogP contribution in [0.2, 0.25) is 0 Å². The SMILES string of the molecule is O=C(CN1C(=O)S/C(=C\c2cc(Br)ccc2OCc2ccccc2F)C1=O)Nc1cccc(C(F)(F)F)c1. The number of nitrogens with one attached hydrogen (secondary N) is 1. The number of nitrogens with zero attached hydrogens (tertiary/aromatic N) is 1. The molecule has 3 aromatic rings. The van der Waals surface area contributed by atoms with Crippen molar-refractivity contribution in [2.24, 2.45) is 0 Å². The summed E-state index contributed by atoms with van der Waals surface area (Å²) in [6.07, 6.45) is -3.18. The number of rotatable bonds is 7. The zero-order valence-electron chi connectivity index (χ0n) is 19.2. The van der Waals surface area contributed by atoms with Crippen LogP contribution in [0.5, 0.6) is 5.75 Å². The number of thioether (sulfide) groups is 1. The first-order chi connectivity index (χ1) is 18.0. The molecular weight excluding hydrogens is 592 g/mol. The minimum absolute atomic E-state index is 0.00992. The van der Waals surface area contributed by atoms with Gasteiger partial charge in [-0.15, -0.1) is 0 Å². The maximum absolute atomic E-state index is 14.0. The zero-order valence-corrected chi connectivity index (χ0v) is 21.6. The second-order valence-corrected chi connectivity index (χ2v) is 9.87. The molecule has 1 N–H and O–H groups in total. The number of hydrogen-bond donors (Lipinski definition) is 1. The van der Waals surface area contributed by atoms with E-state index in [9.17, 15) is 31.9 Å². The van der Waals surface area contributed by atoms with Gasteiger partial charge in [-0.1, -0.05) is 40.2 Å². The molecule has 1 fully saturated rings. The molecule has 1 aliphatic rings. The normalized spacial score (nSPS) is 14.8. The summed E-state index contributed by atoms with van der Waals surface area (Å²) >= 11 is 3.94. The summed E-state index contributed by atoms with van der Waals surface area (Å²) in [5.41, 5.74) is -0.326. The molecule has 3 amide bonds. The molecule has 196 valence electrons. The third-order valence-corrected chi connectivity index (χ3v) is 6.65. The molecular formula is C26H17BrF4N2O4S. The molecule has 1 heterocycles. The number of halogens is 5. The summed E-state index contributed by atoms with van der Waals surface area (Å²) in [5.74, 6) is -1.70. The van der Waals surface area contributed by atoms with Gasteiger partial charge in [0.15, 0.2) is 0 Å². The van der Waals surface area contributed by atoms with E-state index >= 15 is 0 Å². The van der Waals surface area contributed by atoms with Crippen LogP contribution in [-0.4, -0.2) is 28.5 Å². The van der Waals surface area contributed by atoms with Gasteiger partial charge in [0.25, 0.3) is 11.1 Å². The average molecular weight is 609 g/mol. The van der Waals surface area contributed by atoms with Crippen LogP contribution in [0, 0.1) is 5.82 Å². The van der Waals surface area contributed by atoms with Crippen molar-refractivity contribution in [3.05, 3.63) is 98.6 Å². The van der Waals surface area contributed by atoms with Crippen LogP contribution in [0.25, 0.3) is 6.08 Å². The molecule has 12 heteroatoms. The molecule has 38 heavy (non-hydrogen) atoms. The van der Waals surface area contributed by atoms with Crippen LogP contribution in [0.1, 0.15) is 16.7 Å². The van der Waals surface area contributed by atoms with Gasteiger partial charge in [0.05, 0.1) is 10.5 Å². The van der Waals surface area contributed by atoms with E-state index in [4.69, 9.17) is 4.74 Å². The average Bonchev–Trinajstić information content (AvgIpc) is 3.11. The van der Waals surface area contributed by atoms with Gasteiger partial charge in [-0.2, -0.15) is 13.2 Å². The molecule has 0 saturated carbocycles. The molecule has 0 atom stereocenters. The number of amides is 3. The summed E-state index contributed by atoms with van der Waals surface area (Å²) in [4.78, 5) is 38.5. The number of benzene rings is 3. The van der Waals surface area contributed by atoms with E-state index in [-0.39, 0.29) is 17.2 Å². The van der Waals surface area contributed by atoms with Crippen LogP contribution in [0.15, 0.2) is 76.1 Å². The van der Waals surface area contributed by atoms with Crippen molar-refractivity contribution in [2.75, 3.05) is 11.9 Å². The molecule has 1 saturated heterocycles. The smallest absolute Gasteiger partial charge is 0.416 e. The van der Waals surface area contributed by atoms with Gasteiger partial charge in [0.1, 0.15) is 24.7 Å². The van der Waals surface area contributed by atoms with Crippen molar-refractivity contribution >= 4 is 56.5 Å². The Morgan fingerprint density at radius 1 is 1.05 bits per heavy atom. The fraction of sp³-hybridized carbons (Fsp3) is 0.115. The minimum Gasteiger partial charge on any atom is -0.488 e. The van der Waals surface area contributed by atoms with Crippen molar-refractivity contribution < 1.29 is 36.7 Å². The van der Waals surface area contributed by atoms with Crippen LogP contribution in [-0.2, 0) is 22.4 Å². The number of alkyl halides is 3. The first kappa shape index (κ1) is 27.4. The Morgan fingerprint density at radius 3 is 2.55 bits per heavy atom. The number of ether oxygens (including phenoxy) is 1. The van der Waals surface area contributed by atoms with Crippen LogP contribution >= 0.6 is 27.7 Å². The standard InChI is InChI=1S/C26H17BrF4N2O4S/c27-18-8-9-21(37-14-15-4-1-2-7-20(15)28)16(10-18)11-22-24(35)33(25(36)38-22)13-23(34)32-19-6-3-5-17(12-19)26(29,30)31/h1-12H,13-14H2,(H,32,34)/b22-11-. The Bertz CT molecular complexity index is 1440. The van der Waals surface area contributed by atoms with E-state index in [1.165, 1.54) is 18.2 Å². The van der Waals surface area contributed by atoms with Crippen molar-refractivity contribution in [1.82, 2.24) is 4.90 Å². The predicted octanol–water partition coefficient (Wildman–Crippen LogP) is 6.86. The monoisotopic (exact) mass is 608 g/mol. The number of anilines is 1. The van der Waals surface area contributed by atoms with E-state index in [0.717, 1.165) is 18.2 Å². The highest BCUT2D eigenvalue weighted by molar-refractivity contribution is 9.10. The molecule has 0 aliphatic carbocycles. The lowest BCUT2D eigenvalue weighted by molar-refractivity contribution is -0.137. The summed E-state index contributed by atoms with van der Waals surface area (Å²) in [5, 5.41) is 1.55. The summed E-state index contributed by atoms with van der Waals surface area (Å²) in [6.45, 7) is -0.764. The van der Waals surface area contributed by atoms with Crippen molar-refractivity contribution in [3.63, 3.8) is 0 Å². The van der Waals surface area contributed by atoms with Crippen LogP contribution < -0.4 is 10.1 Å². The van der Waals surface area contributed by atoms with Crippen LogP contribution in [0.4, 0.5) is 28.0 Å². The highest BCUT2D eigenvalue weighted by Crippen LogP contribution is 2.35. The Kier molecular flexibility index (Phi) is 8.22. The first-order valence-corrected chi connectivity index (χ1v) is 12.5. The topological polar surface area (TPSA) is 75.7 Å². The summed E-state index contributed by atoms with van der Waals surface area (Å²) in [7, 11) is 0. The Morgan fingerprint density at radius 2 is 1.82 bits per heavy atom. The molecule has 0 spiro atoms. The highest BCUT2D eigenvalue weighted by Gasteiger charge is 2.36. The minimum atomic E-state index is -4.60. The quantitative estimate of drug-likeness (QED) is 0.234. The van der Waals surface area contributed by atoms with Crippen molar-refractivity contribution in [2.45, 2.75) is 12.8 Å². The molecule has 0 unspecified atom stereocenters. The van der Waals surface area contributed by atoms with Gasteiger partial charge in [-0.25, -0.2) is 4.39 Å². The van der Waals surface area contributed by atoms with Crippen molar-refractivity contribution in [3.8, 4) is 5.75 Å². The summed E-state index contributed by atoms with van der Waals surface area (Å²) in [6, 6.07) is 15.1. The second-order valence-electron chi connectivity index (χ2n) is 7.96. The van der Waals surface area contributed by atoms with E-state index in [1.807, 2.05) is 0 Å². The lowest BCUT2D eigenvalue weighted by Gasteiger charge is -2.14. The molecule has 0 radical (unpaired) electrons. The Hall–Kier alpha value is -3.64. The third-order valence-electron chi connectivity index (χ3n) is 5.25. The van der Waals surface area contributed by atoms with Gasteiger partial charge >= 0.3 is 6.18 Å². The number of carbonyl (C=O) groups is 3. The van der Waals surface area contributed by atoms with Gasteiger partial charge in [0.2, 0.25) is 5.91 Å². The Balaban J connectivity index is 1.47. The fourth-order valence-corrected chi connectivity index (χ4v) is 4.64. The molecule has 4 rings (SSSR count).